The lowest BCUT2D eigenvalue weighted by molar-refractivity contribution is -0.143. The maximum absolute atomic E-state index is 11.8. The van der Waals surface area contributed by atoms with Crippen molar-refractivity contribution in [3.8, 4) is 0 Å². The molecule has 0 aromatic carbocycles. The fourth-order valence-electron chi connectivity index (χ4n) is 1.58. The zero-order valence-electron chi connectivity index (χ0n) is 9.66. The summed E-state index contributed by atoms with van der Waals surface area (Å²) in [6.45, 7) is 2.52. The molecule has 1 fully saturated rings. The molecule has 1 amide bonds. The Morgan fingerprint density at radius 2 is 2.18 bits per heavy atom. The molecular formula is C10H17NO5S. The van der Waals surface area contributed by atoms with Crippen molar-refractivity contribution in [1.29, 1.82) is 0 Å². The molecule has 1 heterocycles. The molecule has 6 nitrogen and oxygen atoms in total. The van der Waals surface area contributed by atoms with Gasteiger partial charge in [0.25, 0.3) is 0 Å². The first-order valence-electron chi connectivity index (χ1n) is 5.36. The Hall–Kier alpha value is -0.790. The number of hydrogen-bond acceptors (Lipinski definition) is 5. The summed E-state index contributed by atoms with van der Waals surface area (Å²) in [5.41, 5.74) is 0. The van der Waals surface area contributed by atoms with Gasteiger partial charge in [0.05, 0.1) is 36.9 Å². The second-order valence-electron chi connectivity index (χ2n) is 3.92. The van der Waals surface area contributed by atoms with Crippen LogP contribution in [0.5, 0.6) is 0 Å². The predicted molar refractivity (Wildman–Crippen MR) is 63.0 cm³/mol. The Morgan fingerprint density at radius 3 is 2.76 bits per heavy atom. The van der Waals surface area contributed by atoms with Crippen LogP contribution in [0.15, 0.2) is 0 Å². The van der Waals surface area contributed by atoms with E-state index in [2.05, 4.69) is 0 Å². The Bertz CT molecular complexity index is 286. The number of hydrogen-bond donors (Lipinski definition) is 2. The van der Waals surface area contributed by atoms with Crippen LogP contribution < -0.4 is 0 Å². The number of aliphatic hydroxyl groups is 1. The molecular weight excluding hydrogens is 246 g/mol. The van der Waals surface area contributed by atoms with Gasteiger partial charge in [0.15, 0.2) is 0 Å². The summed E-state index contributed by atoms with van der Waals surface area (Å²) >= 11 is 1.08. The lowest BCUT2D eigenvalue weighted by Gasteiger charge is -2.37. The summed E-state index contributed by atoms with van der Waals surface area (Å²) in [5, 5.41) is 17.4. The van der Waals surface area contributed by atoms with Crippen LogP contribution in [0, 0.1) is 0 Å². The maximum Gasteiger partial charge on any atom is 0.313 e. The first kappa shape index (κ1) is 14.3. The monoisotopic (exact) mass is 263 g/mol. The van der Waals surface area contributed by atoms with Gasteiger partial charge in [-0.05, 0) is 6.92 Å². The van der Waals surface area contributed by atoms with E-state index in [4.69, 9.17) is 14.9 Å². The summed E-state index contributed by atoms with van der Waals surface area (Å²) in [4.78, 5) is 23.8. The second kappa shape index (κ2) is 6.83. The maximum atomic E-state index is 11.8. The number of ether oxygens (including phenoxy) is 1. The molecule has 1 rings (SSSR count). The van der Waals surface area contributed by atoms with Gasteiger partial charge in [0.2, 0.25) is 5.91 Å². The molecule has 0 radical (unpaired) electrons. The quantitative estimate of drug-likeness (QED) is 0.689. The van der Waals surface area contributed by atoms with Gasteiger partial charge in [0, 0.05) is 6.54 Å². The summed E-state index contributed by atoms with van der Waals surface area (Å²) in [5.74, 6) is -0.959. The van der Waals surface area contributed by atoms with Crippen LogP contribution >= 0.6 is 11.8 Å². The van der Waals surface area contributed by atoms with Crippen molar-refractivity contribution in [2.75, 3.05) is 31.3 Å². The van der Waals surface area contributed by atoms with Gasteiger partial charge in [-0.3, -0.25) is 9.59 Å². The number of rotatable bonds is 5. The highest BCUT2D eigenvalue weighted by atomic mass is 32.2. The Balaban J connectivity index is 2.40. The van der Waals surface area contributed by atoms with Crippen LogP contribution in [-0.4, -0.2) is 70.4 Å². The first-order valence-corrected chi connectivity index (χ1v) is 6.51. The van der Waals surface area contributed by atoms with Crippen molar-refractivity contribution in [2.45, 2.75) is 19.1 Å². The lowest BCUT2D eigenvalue weighted by atomic mass is 10.2. The van der Waals surface area contributed by atoms with Crippen molar-refractivity contribution in [2.24, 2.45) is 0 Å². The number of amides is 1. The first-order chi connectivity index (χ1) is 8.04. The van der Waals surface area contributed by atoms with Crippen LogP contribution in [0.1, 0.15) is 6.92 Å². The van der Waals surface area contributed by atoms with Crippen molar-refractivity contribution < 1.29 is 24.5 Å². The van der Waals surface area contributed by atoms with Gasteiger partial charge in [-0.1, -0.05) is 0 Å². The number of morpholine rings is 1. The second-order valence-corrected chi connectivity index (χ2v) is 4.91. The highest BCUT2D eigenvalue weighted by Crippen LogP contribution is 2.13. The standard InChI is InChI=1S/C10H17NO5S/c1-7-4-16-8(3-12)2-11(7)9(13)5-17-6-10(14)15/h7-8,12H,2-6H2,1H3,(H,14,15). The van der Waals surface area contributed by atoms with E-state index < -0.39 is 5.97 Å². The number of aliphatic hydroxyl groups excluding tert-OH is 1. The van der Waals surface area contributed by atoms with Crippen molar-refractivity contribution in [3.05, 3.63) is 0 Å². The van der Waals surface area contributed by atoms with E-state index in [1.807, 2.05) is 6.92 Å². The van der Waals surface area contributed by atoms with Gasteiger partial charge in [0.1, 0.15) is 0 Å². The molecule has 1 aliphatic heterocycles. The average Bonchev–Trinajstić information content (AvgIpc) is 2.29. The minimum Gasteiger partial charge on any atom is -0.481 e. The van der Waals surface area contributed by atoms with E-state index in [9.17, 15) is 9.59 Å². The molecule has 2 N–H and O–H groups in total. The minimum atomic E-state index is -0.925. The molecule has 1 saturated heterocycles. The molecule has 0 spiro atoms. The fraction of sp³-hybridized carbons (Fsp3) is 0.800. The van der Waals surface area contributed by atoms with Gasteiger partial charge in [-0.15, -0.1) is 11.8 Å². The highest BCUT2D eigenvalue weighted by Gasteiger charge is 2.28. The van der Waals surface area contributed by atoms with Crippen LogP contribution in [-0.2, 0) is 14.3 Å². The third kappa shape index (κ3) is 4.53. The number of carboxylic acids is 1. The molecule has 98 valence electrons. The van der Waals surface area contributed by atoms with E-state index in [-0.39, 0.29) is 36.2 Å². The number of carboxylic acid groups (broad SMARTS) is 1. The molecule has 17 heavy (non-hydrogen) atoms. The summed E-state index contributed by atoms with van der Waals surface area (Å²) < 4.78 is 5.32. The van der Waals surface area contributed by atoms with E-state index in [1.165, 1.54) is 0 Å². The molecule has 7 heteroatoms. The lowest BCUT2D eigenvalue weighted by Crippen LogP contribution is -2.52. The van der Waals surface area contributed by atoms with Crippen molar-refractivity contribution in [1.82, 2.24) is 4.90 Å². The summed E-state index contributed by atoms with van der Waals surface area (Å²) in [6.07, 6.45) is -0.334. The zero-order valence-corrected chi connectivity index (χ0v) is 10.5. The molecule has 1 aliphatic rings. The molecule has 2 unspecified atom stereocenters. The third-order valence-corrected chi connectivity index (χ3v) is 3.38. The van der Waals surface area contributed by atoms with Crippen LogP contribution in [0.2, 0.25) is 0 Å². The number of aliphatic carboxylic acids is 1. The van der Waals surface area contributed by atoms with E-state index in [1.54, 1.807) is 4.90 Å². The number of thioether (sulfide) groups is 1. The molecule has 2 atom stereocenters. The molecule has 0 aromatic heterocycles. The fourth-order valence-corrected chi connectivity index (χ4v) is 2.20. The third-order valence-electron chi connectivity index (χ3n) is 2.48. The topological polar surface area (TPSA) is 87.1 Å². The predicted octanol–water partition coefficient (Wildman–Crippen LogP) is -0.588. The SMILES string of the molecule is CC1COC(CO)CN1C(=O)CSCC(=O)O. The molecule has 0 bridgehead atoms. The van der Waals surface area contributed by atoms with Gasteiger partial charge in [-0.25, -0.2) is 0 Å². The van der Waals surface area contributed by atoms with Gasteiger partial charge >= 0.3 is 5.97 Å². The van der Waals surface area contributed by atoms with E-state index in [0.717, 1.165) is 11.8 Å². The van der Waals surface area contributed by atoms with Crippen LogP contribution in [0.4, 0.5) is 0 Å². The summed E-state index contributed by atoms with van der Waals surface area (Å²) in [6, 6.07) is -0.0317. The largest absolute Gasteiger partial charge is 0.481 e. The normalized spacial score (nSPS) is 24.7. The summed E-state index contributed by atoms with van der Waals surface area (Å²) in [7, 11) is 0. The number of carbonyl (C=O) groups is 2. The van der Waals surface area contributed by atoms with Crippen LogP contribution in [0.3, 0.4) is 0 Å². The smallest absolute Gasteiger partial charge is 0.313 e. The van der Waals surface area contributed by atoms with Crippen LogP contribution in [0.25, 0.3) is 0 Å². The van der Waals surface area contributed by atoms with Crippen molar-refractivity contribution >= 4 is 23.6 Å². The van der Waals surface area contributed by atoms with E-state index >= 15 is 0 Å². The molecule has 0 saturated carbocycles. The van der Waals surface area contributed by atoms with E-state index in [0.29, 0.717) is 13.2 Å². The van der Waals surface area contributed by atoms with Gasteiger partial charge in [-0.2, -0.15) is 0 Å². The van der Waals surface area contributed by atoms with Gasteiger partial charge < -0.3 is 19.8 Å². The Morgan fingerprint density at radius 1 is 1.47 bits per heavy atom. The Labute approximate surface area is 104 Å². The zero-order chi connectivity index (χ0) is 12.8. The molecule has 0 aliphatic carbocycles. The average molecular weight is 263 g/mol. The minimum absolute atomic E-state index is 0.0317. The highest BCUT2D eigenvalue weighted by molar-refractivity contribution is 8.00. The van der Waals surface area contributed by atoms with Crippen molar-refractivity contribution in [3.63, 3.8) is 0 Å². The molecule has 0 aromatic rings. The number of carbonyl (C=O) groups excluding carboxylic acids is 1. The number of nitrogens with zero attached hydrogens (tertiary/aromatic N) is 1. The Kier molecular flexibility index (Phi) is 5.73.